The highest BCUT2D eigenvalue weighted by Crippen LogP contribution is 2.26. The molecule has 0 aromatic heterocycles. The van der Waals surface area contributed by atoms with Crippen molar-refractivity contribution in [3.63, 3.8) is 0 Å². The Bertz CT molecular complexity index is 601. The van der Waals surface area contributed by atoms with E-state index in [9.17, 15) is 23.4 Å². The number of rotatable bonds is 16. The number of esters is 1. The predicted octanol–water partition coefficient (Wildman–Crippen LogP) is 1.82. The Morgan fingerprint density at radius 2 is 1.48 bits per heavy atom. The van der Waals surface area contributed by atoms with Gasteiger partial charge in [-0.3, -0.25) is 9.35 Å². The number of hydrogen-bond donors (Lipinski definition) is 4. The number of unbranched alkanes of at least 4 members (excludes halogenated alkanes) is 10. The lowest BCUT2D eigenvalue weighted by atomic mass is 9.98. The van der Waals surface area contributed by atoms with Crippen molar-refractivity contribution in [3.8, 4) is 0 Å². The topological polar surface area (TPSA) is 166 Å². The molecule has 5 atom stereocenters. The molecule has 184 valence electrons. The monoisotopic (exact) mass is 469 g/mol. The molecule has 1 unspecified atom stereocenters. The molecular weight excluding hydrogens is 430 g/mol. The van der Waals surface area contributed by atoms with Crippen molar-refractivity contribution in [2.45, 2.75) is 115 Å². The summed E-state index contributed by atoms with van der Waals surface area (Å²) >= 11 is 0. The zero-order chi connectivity index (χ0) is 23.3. The SMILES string of the molecule is CCCCCCCCCCCCCC(=O)O[C@H]1[C@H](OS(=O)(=O)O)[C@@H](CO)OC(N)[C@@H]1O. The van der Waals surface area contributed by atoms with Crippen LogP contribution in [0, 0.1) is 0 Å². The second-order valence-electron chi connectivity index (χ2n) is 8.04. The number of carbonyl (C=O) groups is 1. The molecule has 0 spiro atoms. The van der Waals surface area contributed by atoms with Crippen LogP contribution in [0.15, 0.2) is 0 Å². The molecule has 1 saturated heterocycles. The molecule has 31 heavy (non-hydrogen) atoms. The standard InChI is InChI=1S/C20H39NO9S/c1-2-3-4-5-6-7-8-9-10-11-12-13-16(23)29-19-17(24)20(21)28-15(14-22)18(19)30-31(25,26)27/h15,17-20,22,24H,2-14,21H2,1H3,(H,25,26,27)/t15-,17-,18-,19-,20?/m1/s1. The summed E-state index contributed by atoms with van der Waals surface area (Å²) < 4.78 is 45.9. The Labute approximate surface area is 185 Å². The quantitative estimate of drug-likeness (QED) is 0.149. The first-order valence-corrected chi connectivity index (χ1v) is 12.6. The van der Waals surface area contributed by atoms with Crippen molar-refractivity contribution in [3.05, 3.63) is 0 Å². The Balaban J connectivity index is 2.35. The van der Waals surface area contributed by atoms with Gasteiger partial charge < -0.3 is 25.4 Å². The predicted molar refractivity (Wildman–Crippen MR) is 113 cm³/mol. The van der Waals surface area contributed by atoms with E-state index in [0.717, 1.165) is 19.3 Å². The lowest BCUT2D eigenvalue weighted by Crippen LogP contribution is -2.63. The maximum atomic E-state index is 12.2. The zero-order valence-electron chi connectivity index (χ0n) is 18.4. The van der Waals surface area contributed by atoms with Gasteiger partial charge in [-0.15, -0.1) is 0 Å². The van der Waals surface area contributed by atoms with Crippen molar-refractivity contribution in [1.82, 2.24) is 0 Å². The van der Waals surface area contributed by atoms with Crippen LogP contribution in [0.2, 0.25) is 0 Å². The fourth-order valence-corrected chi connectivity index (χ4v) is 4.15. The zero-order valence-corrected chi connectivity index (χ0v) is 19.2. The second-order valence-corrected chi connectivity index (χ2v) is 9.09. The van der Waals surface area contributed by atoms with Crippen LogP contribution in [0.3, 0.4) is 0 Å². The Morgan fingerprint density at radius 1 is 0.968 bits per heavy atom. The van der Waals surface area contributed by atoms with Crippen LogP contribution in [0.5, 0.6) is 0 Å². The number of nitrogens with two attached hydrogens (primary N) is 1. The van der Waals surface area contributed by atoms with E-state index in [1.165, 1.54) is 44.9 Å². The van der Waals surface area contributed by atoms with Crippen molar-refractivity contribution < 1.29 is 41.6 Å². The molecule has 0 aromatic carbocycles. The molecule has 1 fully saturated rings. The maximum Gasteiger partial charge on any atom is 0.397 e. The van der Waals surface area contributed by atoms with Gasteiger partial charge in [0.05, 0.1) is 6.61 Å². The summed E-state index contributed by atoms with van der Waals surface area (Å²) in [6.07, 6.45) is 5.12. The third-order valence-electron chi connectivity index (χ3n) is 5.36. The molecule has 0 aliphatic carbocycles. The van der Waals surface area contributed by atoms with E-state index in [1.807, 2.05) is 0 Å². The van der Waals surface area contributed by atoms with Crippen molar-refractivity contribution in [2.24, 2.45) is 5.73 Å². The fourth-order valence-electron chi connectivity index (χ4n) is 3.64. The molecule has 11 heteroatoms. The number of carbonyl (C=O) groups excluding carboxylic acids is 1. The van der Waals surface area contributed by atoms with E-state index in [-0.39, 0.29) is 6.42 Å². The van der Waals surface area contributed by atoms with E-state index < -0.39 is 53.6 Å². The normalized spacial score (nSPS) is 26.7. The van der Waals surface area contributed by atoms with Crippen molar-refractivity contribution >= 4 is 16.4 Å². The third-order valence-corrected chi connectivity index (χ3v) is 5.83. The Morgan fingerprint density at radius 3 is 1.97 bits per heavy atom. The lowest BCUT2D eigenvalue weighted by Gasteiger charge is -2.41. The maximum absolute atomic E-state index is 12.2. The highest BCUT2D eigenvalue weighted by atomic mass is 32.3. The number of aliphatic hydroxyl groups is 2. The van der Waals surface area contributed by atoms with Gasteiger partial charge in [-0.2, -0.15) is 8.42 Å². The highest BCUT2D eigenvalue weighted by Gasteiger charge is 2.48. The van der Waals surface area contributed by atoms with E-state index in [0.29, 0.717) is 6.42 Å². The minimum Gasteiger partial charge on any atom is -0.456 e. The highest BCUT2D eigenvalue weighted by molar-refractivity contribution is 7.80. The van der Waals surface area contributed by atoms with Crippen LogP contribution < -0.4 is 5.73 Å². The number of ether oxygens (including phenoxy) is 2. The third kappa shape index (κ3) is 11.6. The Kier molecular flexibility index (Phi) is 13.7. The second kappa shape index (κ2) is 15.1. The summed E-state index contributed by atoms with van der Waals surface area (Å²) in [6.45, 7) is 1.49. The van der Waals surface area contributed by atoms with Gasteiger partial charge in [0.2, 0.25) is 0 Å². The van der Waals surface area contributed by atoms with Gasteiger partial charge in [-0.25, -0.2) is 4.18 Å². The average molecular weight is 470 g/mol. The molecule has 0 bridgehead atoms. The molecule has 0 amide bonds. The summed E-state index contributed by atoms with van der Waals surface area (Å²) in [5, 5.41) is 19.5. The van der Waals surface area contributed by atoms with Gasteiger partial charge in [0.25, 0.3) is 0 Å². The van der Waals surface area contributed by atoms with Crippen LogP contribution >= 0.6 is 0 Å². The molecule has 0 aromatic rings. The summed E-state index contributed by atoms with van der Waals surface area (Å²) in [6, 6.07) is 0. The number of aliphatic hydroxyl groups excluding tert-OH is 2. The van der Waals surface area contributed by atoms with E-state index >= 15 is 0 Å². The van der Waals surface area contributed by atoms with Crippen LogP contribution in [0.1, 0.15) is 84.0 Å². The molecular formula is C20H39NO9S. The molecule has 1 rings (SSSR count). The molecule has 0 radical (unpaired) electrons. The van der Waals surface area contributed by atoms with E-state index in [4.69, 9.17) is 19.8 Å². The molecule has 1 aliphatic rings. The Hall–Kier alpha value is -0.820. The largest absolute Gasteiger partial charge is 0.456 e. The summed E-state index contributed by atoms with van der Waals surface area (Å²) in [4.78, 5) is 12.2. The van der Waals surface area contributed by atoms with Gasteiger partial charge in [0, 0.05) is 6.42 Å². The average Bonchev–Trinajstić information content (AvgIpc) is 2.70. The first-order chi connectivity index (χ1) is 14.7. The minimum atomic E-state index is -4.95. The van der Waals surface area contributed by atoms with Gasteiger partial charge in [-0.1, -0.05) is 71.1 Å². The number of hydrogen-bond acceptors (Lipinski definition) is 9. The van der Waals surface area contributed by atoms with Gasteiger partial charge >= 0.3 is 16.4 Å². The molecule has 5 N–H and O–H groups in total. The minimum absolute atomic E-state index is 0.0821. The summed E-state index contributed by atoms with van der Waals surface area (Å²) in [5.41, 5.74) is 5.61. The first-order valence-electron chi connectivity index (χ1n) is 11.2. The van der Waals surface area contributed by atoms with Crippen LogP contribution in [0.4, 0.5) is 0 Å². The molecule has 1 aliphatic heterocycles. The van der Waals surface area contributed by atoms with Gasteiger partial charge in [0.1, 0.15) is 24.5 Å². The molecule has 0 saturated carbocycles. The fraction of sp³-hybridized carbons (Fsp3) is 0.950. The van der Waals surface area contributed by atoms with Crippen LogP contribution in [-0.2, 0) is 28.9 Å². The molecule has 10 nitrogen and oxygen atoms in total. The van der Waals surface area contributed by atoms with Crippen LogP contribution in [0.25, 0.3) is 0 Å². The van der Waals surface area contributed by atoms with Crippen LogP contribution in [-0.4, -0.2) is 66.4 Å². The van der Waals surface area contributed by atoms with Crippen molar-refractivity contribution in [1.29, 1.82) is 0 Å². The summed E-state index contributed by atoms with van der Waals surface area (Å²) in [7, 11) is -4.95. The van der Waals surface area contributed by atoms with E-state index in [2.05, 4.69) is 11.1 Å². The van der Waals surface area contributed by atoms with Crippen molar-refractivity contribution in [2.75, 3.05) is 6.61 Å². The smallest absolute Gasteiger partial charge is 0.397 e. The van der Waals surface area contributed by atoms with Gasteiger partial charge in [0.15, 0.2) is 6.10 Å². The molecule has 1 heterocycles. The lowest BCUT2D eigenvalue weighted by molar-refractivity contribution is -0.232. The summed E-state index contributed by atoms with van der Waals surface area (Å²) in [5.74, 6) is -0.658. The first kappa shape index (κ1) is 28.2. The van der Waals surface area contributed by atoms with Gasteiger partial charge in [-0.05, 0) is 6.42 Å². The van der Waals surface area contributed by atoms with E-state index in [1.54, 1.807) is 0 Å².